The second-order valence-corrected chi connectivity index (χ2v) is 5.19. The second-order valence-electron chi connectivity index (χ2n) is 5.19. The van der Waals surface area contributed by atoms with Crippen LogP contribution in [0.1, 0.15) is 22.8 Å². The average molecular weight is 358 g/mol. The Bertz CT molecular complexity index is 814. The third-order valence-corrected chi connectivity index (χ3v) is 3.42. The maximum atomic E-state index is 13.5. The Morgan fingerprint density at radius 2 is 1.88 bits per heavy atom. The number of esters is 1. The van der Waals surface area contributed by atoms with E-state index in [0.717, 1.165) is 0 Å². The van der Waals surface area contributed by atoms with E-state index in [1.54, 1.807) is 18.2 Å². The van der Waals surface area contributed by atoms with Gasteiger partial charge in [-0.1, -0.05) is 18.2 Å². The molecule has 0 fully saturated rings. The molecule has 0 aliphatic heterocycles. The Hall–Kier alpha value is -3.15. The molecule has 2 aromatic carbocycles. The monoisotopic (exact) mass is 358 g/mol. The highest BCUT2D eigenvalue weighted by atomic mass is 19.1. The van der Waals surface area contributed by atoms with Crippen molar-refractivity contribution < 1.29 is 28.2 Å². The summed E-state index contributed by atoms with van der Waals surface area (Å²) >= 11 is 0. The number of ketones is 1. The third-order valence-electron chi connectivity index (χ3n) is 3.42. The first-order valence-corrected chi connectivity index (χ1v) is 7.98. The Kier molecular flexibility index (Phi) is 6.91. The van der Waals surface area contributed by atoms with E-state index in [9.17, 15) is 14.0 Å². The summed E-state index contributed by atoms with van der Waals surface area (Å²) in [4.78, 5) is 23.6. The van der Waals surface area contributed by atoms with Crippen LogP contribution in [0.3, 0.4) is 0 Å². The fourth-order valence-corrected chi connectivity index (χ4v) is 2.18. The smallest absolute Gasteiger partial charge is 0.331 e. The molecule has 2 aromatic rings. The van der Waals surface area contributed by atoms with Crippen molar-refractivity contribution in [1.82, 2.24) is 0 Å². The number of Topliss-reactive ketones (excluding diaryl/α,β-unsaturated/α-hetero) is 1. The Labute approximate surface area is 151 Å². The SMILES string of the molecule is CCOc1ccc(/C=C/C(=O)OCC(=O)c2ccccc2F)cc1OC. The van der Waals surface area contributed by atoms with Crippen LogP contribution in [0.15, 0.2) is 48.5 Å². The molecule has 0 aliphatic rings. The minimum Gasteiger partial charge on any atom is -0.493 e. The van der Waals surface area contributed by atoms with Gasteiger partial charge < -0.3 is 14.2 Å². The minimum absolute atomic E-state index is 0.111. The topological polar surface area (TPSA) is 61.8 Å². The van der Waals surface area contributed by atoms with Crippen molar-refractivity contribution in [2.75, 3.05) is 20.3 Å². The van der Waals surface area contributed by atoms with Gasteiger partial charge in [-0.05, 0) is 42.8 Å². The molecule has 0 radical (unpaired) electrons. The van der Waals surface area contributed by atoms with Crippen molar-refractivity contribution >= 4 is 17.8 Å². The Morgan fingerprint density at radius 1 is 1.12 bits per heavy atom. The molecule has 0 spiro atoms. The first-order valence-electron chi connectivity index (χ1n) is 7.98. The molecule has 6 heteroatoms. The van der Waals surface area contributed by atoms with Crippen LogP contribution in [0.5, 0.6) is 11.5 Å². The minimum atomic E-state index is -0.706. The third kappa shape index (κ3) is 5.17. The van der Waals surface area contributed by atoms with Crippen molar-refractivity contribution in [2.24, 2.45) is 0 Å². The van der Waals surface area contributed by atoms with Gasteiger partial charge in [-0.2, -0.15) is 0 Å². The molecule has 0 N–H and O–H groups in total. The fraction of sp³-hybridized carbons (Fsp3) is 0.200. The van der Waals surface area contributed by atoms with Gasteiger partial charge >= 0.3 is 5.97 Å². The quantitative estimate of drug-likeness (QED) is 0.409. The molecule has 2 rings (SSSR count). The van der Waals surface area contributed by atoms with E-state index in [4.69, 9.17) is 14.2 Å². The van der Waals surface area contributed by atoms with Crippen LogP contribution in [0.2, 0.25) is 0 Å². The van der Waals surface area contributed by atoms with Crippen molar-refractivity contribution in [3.63, 3.8) is 0 Å². The van der Waals surface area contributed by atoms with E-state index in [1.165, 1.54) is 43.5 Å². The Balaban J connectivity index is 1.95. The zero-order valence-electron chi connectivity index (χ0n) is 14.5. The van der Waals surface area contributed by atoms with Crippen LogP contribution < -0.4 is 9.47 Å². The van der Waals surface area contributed by atoms with Crippen molar-refractivity contribution in [3.8, 4) is 11.5 Å². The van der Waals surface area contributed by atoms with Gasteiger partial charge in [0.1, 0.15) is 5.82 Å². The molecule has 136 valence electrons. The number of ether oxygens (including phenoxy) is 3. The van der Waals surface area contributed by atoms with Gasteiger partial charge in [0.25, 0.3) is 0 Å². The number of rotatable bonds is 8. The standard InChI is InChI=1S/C20H19FO5/c1-3-25-18-10-8-14(12-19(18)24-2)9-11-20(23)26-13-17(22)15-6-4-5-7-16(15)21/h4-12H,3,13H2,1-2H3/b11-9+. The van der Waals surface area contributed by atoms with Crippen LogP contribution in [-0.4, -0.2) is 32.1 Å². The summed E-state index contributed by atoms with van der Waals surface area (Å²) in [5.41, 5.74) is 0.586. The van der Waals surface area contributed by atoms with Gasteiger partial charge in [0.15, 0.2) is 18.1 Å². The van der Waals surface area contributed by atoms with Crippen LogP contribution in [0.25, 0.3) is 6.08 Å². The molecular formula is C20H19FO5. The zero-order valence-corrected chi connectivity index (χ0v) is 14.5. The maximum Gasteiger partial charge on any atom is 0.331 e. The highest BCUT2D eigenvalue weighted by Crippen LogP contribution is 2.28. The summed E-state index contributed by atoms with van der Waals surface area (Å²) in [6.45, 7) is 1.84. The van der Waals surface area contributed by atoms with Crippen molar-refractivity contribution in [2.45, 2.75) is 6.92 Å². The number of hydrogen-bond acceptors (Lipinski definition) is 5. The van der Waals surface area contributed by atoms with Gasteiger partial charge in [-0.15, -0.1) is 0 Å². The van der Waals surface area contributed by atoms with Crippen molar-refractivity contribution in [1.29, 1.82) is 0 Å². The van der Waals surface area contributed by atoms with E-state index in [2.05, 4.69) is 0 Å². The normalized spacial score (nSPS) is 10.6. The molecule has 5 nitrogen and oxygen atoms in total. The molecule has 26 heavy (non-hydrogen) atoms. The van der Waals surface area contributed by atoms with Gasteiger partial charge in [0.2, 0.25) is 5.78 Å². The predicted octanol–water partition coefficient (Wildman–Crippen LogP) is 3.67. The summed E-state index contributed by atoms with van der Waals surface area (Å²) in [5, 5.41) is 0. The molecule has 0 atom stereocenters. The summed E-state index contributed by atoms with van der Waals surface area (Å²) in [6.07, 6.45) is 2.71. The van der Waals surface area contributed by atoms with Gasteiger partial charge in [-0.3, -0.25) is 4.79 Å². The lowest BCUT2D eigenvalue weighted by Gasteiger charge is -2.09. The van der Waals surface area contributed by atoms with Crippen molar-refractivity contribution in [3.05, 3.63) is 65.5 Å². The van der Waals surface area contributed by atoms with E-state index in [-0.39, 0.29) is 5.56 Å². The van der Waals surface area contributed by atoms with E-state index in [0.29, 0.717) is 23.7 Å². The lowest BCUT2D eigenvalue weighted by Crippen LogP contribution is -2.13. The van der Waals surface area contributed by atoms with Gasteiger partial charge in [0.05, 0.1) is 19.3 Å². The van der Waals surface area contributed by atoms with E-state index in [1.807, 2.05) is 6.92 Å². The largest absolute Gasteiger partial charge is 0.493 e. The molecule has 0 bridgehead atoms. The molecule has 0 aromatic heterocycles. The first kappa shape index (κ1) is 19.2. The maximum absolute atomic E-state index is 13.5. The fourth-order valence-electron chi connectivity index (χ4n) is 2.18. The van der Waals surface area contributed by atoms with Gasteiger partial charge in [0, 0.05) is 6.08 Å². The average Bonchev–Trinajstić information content (AvgIpc) is 2.65. The van der Waals surface area contributed by atoms with E-state index >= 15 is 0 Å². The number of halogens is 1. The van der Waals surface area contributed by atoms with Crippen LogP contribution in [-0.2, 0) is 9.53 Å². The predicted molar refractivity (Wildman–Crippen MR) is 94.9 cm³/mol. The molecule has 0 unspecified atom stereocenters. The lowest BCUT2D eigenvalue weighted by atomic mass is 10.1. The van der Waals surface area contributed by atoms with Gasteiger partial charge in [-0.25, -0.2) is 9.18 Å². The van der Waals surface area contributed by atoms with Crippen LogP contribution in [0, 0.1) is 5.82 Å². The molecule has 0 aliphatic carbocycles. The molecule has 0 saturated heterocycles. The summed E-state index contributed by atoms with van der Waals surface area (Å²) in [7, 11) is 1.52. The summed E-state index contributed by atoms with van der Waals surface area (Å²) in [6, 6.07) is 10.7. The number of carbonyl (C=O) groups excluding carboxylic acids is 2. The Morgan fingerprint density at radius 3 is 2.58 bits per heavy atom. The van der Waals surface area contributed by atoms with Crippen LogP contribution in [0.4, 0.5) is 4.39 Å². The first-order chi connectivity index (χ1) is 12.5. The zero-order chi connectivity index (χ0) is 18.9. The molecular weight excluding hydrogens is 339 g/mol. The van der Waals surface area contributed by atoms with E-state index < -0.39 is 24.2 Å². The molecule has 0 heterocycles. The summed E-state index contributed by atoms with van der Waals surface area (Å²) in [5.74, 6) is -0.817. The number of carbonyl (C=O) groups is 2. The molecule has 0 amide bonds. The highest BCUT2D eigenvalue weighted by molar-refractivity contribution is 5.99. The molecule has 0 saturated carbocycles. The number of benzene rings is 2. The number of methoxy groups -OCH3 is 1. The number of hydrogen-bond donors (Lipinski definition) is 0. The van der Waals surface area contributed by atoms with Crippen LogP contribution >= 0.6 is 0 Å². The highest BCUT2D eigenvalue weighted by Gasteiger charge is 2.12. The summed E-state index contributed by atoms with van der Waals surface area (Å²) < 4.78 is 29.0. The lowest BCUT2D eigenvalue weighted by molar-refractivity contribution is -0.136. The second kappa shape index (κ2) is 9.36.